The van der Waals surface area contributed by atoms with Gasteiger partial charge in [-0.1, -0.05) is 0 Å². The van der Waals surface area contributed by atoms with Crippen LogP contribution in [0.1, 0.15) is 0 Å². The zero-order valence-corrected chi connectivity index (χ0v) is 9.91. The van der Waals surface area contributed by atoms with Crippen LogP contribution in [0.4, 0.5) is 0 Å². The molecule has 4 heteroatoms. The van der Waals surface area contributed by atoms with Crippen molar-refractivity contribution in [1.29, 1.82) is 0 Å². The van der Waals surface area contributed by atoms with Crippen molar-refractivity contribution in [2.24, 2.45) is 5.92 Å². The van der Waals surface area contributed by atoms with Gasteiger partial charge >= 0.3 is 0 Å². The van der Waals surface area contributed by atoms with Gasteiger partial charge in [-0.05, 0) is 14.1 Å². The van der Waals surface area contributed by atoms with E-state index in [1.807, 2.05) is 7.05 Å². The predicted octanol–water partition coefficient (Wildman–Crippen LogP) is -0.532. The largest absolute Gasteiger partial charge is 0.379 e. The Labute approximate surface area is 92.6 Å². The summed E-state index contributed by atoms with van der Waals surface area (Å²) in [5.41, 5.74) is 0. The van der Waals surface area contributed by atoms with Crippen LogP contribution >= 0.6 is 0 Å². The summed E-state index contributed by atoms with van der Waals surface area (Å²) in [6.07, 6.45) is 0. The van der Waals surface area contributed by atoms with E-state index in [1.165, 1.54) is 32.7 Å². The van der Waals surface area contributed by atoms with Crippen LogP contribution in [-0.4, -0.2) is 75.9 Å². The van der Waals surface area contributed by atoms with Crippen molar-refractivity contribution in [1.82, 2.24) is 15.1 Å². The summed E-state index contributed by atoms with van der Waals surface area (Å²) in [7, 11) is 4.24. The summed E-state index contributed by atoms with van der Waals surface area (Å²) in [6, 6.07) is 0.560. The fourth-order valence-electron chi connectivity index (χ4n) is 2.46. The molecule has 88 valence electrons. The SMILES string of the molecule is CNC1COCC1CN1CCN(C)CC1. The average molecular weight is 213 g/mol. The number of nitrogens with zero attached hydrogens (tertiary/aromatic N) is 2. The third kappa shape index (κ3) is 2.91. The lowest BCUT2D eigenvalue weighted by molar-refractivity contribution is 0.123. The first kappa shape index (κ1) is 11.3. The number of piperazine rings is 1. The Morgan fingerprint density at radius 2 is 1.93 bits per heavy atom. The predicted molar refractivity (Wildman–Crippen MR) is 61.1 cm³/mol. The molecule has 15 heavy (non-hydrogen) atoms. The Morgan fingerprint density at radius 1 is 1.20 bits per heavy atom. The number of hydrogen-bond acceptors (Lipinski definition) is 4. The highest BCUT2D eigenvalue weighted by Gasteiger charge is 2.29. The average Bonchev–Trinajstić information content (AvgIpc) is 2.69. The van der Waals surface area contributed by atoms with Crippen LogP contribution in [0.5, 0.6) is 0 Å². The lowest BCUT2D eigenvalue weighted by Gasteiger charge is -2.34. The number of likely N-dealkylation sites (N-methyl/N-ethyl adjacent to an activating group) is 2. The molecule has 2 heterocycles. The van der Waals surface area contributed by atoms with E-state index >= 15 is 0 Å². The van der Waals surface area contributed by atoms with Gasteiger partial charge in [-0.25, -0.2) is 0 Å². The highest BCUT2D eigenvalue weighted by atomic mass is 16.5. The second-order valence-corrected chi connectivity index (χ2v) is 4.80. The summed E-state index contributed by atoms with van der Waals surface area (Å²) in [4.78, 5) is 4.97. The fourth-order valence-corrected chi connectivity index (χ4v) is 2.46. The number of nitrogens with one attached hydrogen (secondary N) is 1. The number of hydrogen-bond donors (Lipinski definition) is 1. The van der Waals surface area contributed by atoms with E-state index in [0.717, 1.165) is 13.2 Å². The molecule has 2 saturated heterocycles. The Morgan fingerprint density at radius 3 is 2.60 bits per heavy atom. The van der Waals surface area contributed by atoms with E-state index < -0.39 is 0 Å². The van der Waals surface area contributed by atoms with Gasteiger partial charge in [0.15, 0.2) is 0 Å². The van der Waals surface area contributed by atoms with Gasteiger partial charge in [-0.15, -0.1) is 0 Å². The maximum Gasteiger partial charge on any atom is 0.0623 e. The Hall–Kier alpha value is -0.160. The Balaban J connectivity index is 1.76. The van der Waals surface area contributed by atoms with Crippen molar-refractivity contribution in [3.8, 4) is 0 Å². The van der Waals surface area contributed by atoms with E-state index in [0.29, 0.717) is 12.0 Å². The minimum atomic E-state index is 0.560. The molecule has 0 bridgehead atoms. The molecule has 2 fully saturated rings. The van der Waals surface area contributed by atoms with Gasteiger partial charge in [-0.3, -0.25) is 0 Å². The molecule has 0 amide bonds. The van der Waals surface area contributed by atoms with Crippen molar-refractivity contribution >= 4 is 0 Å². The molecule has 0 saturated carbocycles. The molecule has 0 radical (unpaired) electrons. The smallest absolute Gasteiger partial charge is 0.0623 e. The van der Waals surface area contributed by atoms with Crippen molar-refractivity contribution in [2.45, 2.75) is 6.04 Å². The number of ether oxygens (including phenoxy) is 1. The minimum absolute atomic E-state index is 0.560. The van der Waals surface area contributed by atoms with E-state index in [2.05, 4.69) is 22.2 Å². The summed E-state index contributed by atoms with van der Waals surface area (Å²) in [5, 5.41) is 3.35. The van der Waals surface area contributed by atoms with Gasteiger partial charge in [0.25, 0.3) is 0 Å². The van der Waals surface area contributed by atoms with Crippen LogP contribution in [0.2, 0.25) is 0 Å². The van der Waals surface area contributed by atoms with Crippen LogP contribution < -0.4 is 5.32 Å². The van der Waals surface area contributed by atoms with Gasteiger partial charge in [0.2, 0.25) is 0 Å². The molecule has 2 aliphatic rings. The third-order valence-corrected chi connectivity index (χ3v) is 3.66. The summed E-state index contributed by atoms with van der Waals surface area (Å²) < 4.78 is 5.52. The molecule has 4 nitrogen and oxygen atoms in total. The highest BCUT2D eigenvalue weighted by Crippen LogP contribution is 2.15. The molecule has 0 spiro atoms. The lowest BCUT2D eigenvalue weighted by atomic mass is 10.0. The second kappa shape index (κ2) is 5.25. The van der Waals surface area contributed by atoms with Crippen molar-refractivity contribution in [3.05, 3.63) is 0 Å². The first-order chi connectivity index (χ1) is 7.29. The summed E-state index contributed by atoms with van der Waals surface area (Å²) >= 11 is 0. The quantitative estimate of drug-likeness (QED) is 0.682. The normalized spacial score (nSPS) is 34.8. The van der Waals surface area contributed by atoms with Gasteiger partial charge in [0.05, 0.1) is 13.2 Å². The van der Waals surface area contributed by atoms with Crippen LogP contribution in [0.25, 0.3) is 0 Å². The zero-order valence-electron chi connectivity index (χ0n) is 9.91. The molecule has 2 aliphatic heterocycles. The van der Waals surface area contributed by atoms with Gasteiger partial charge < -0.3 is 19.9 Å². The second-order valence-electron chi connectivity index (χ2n) is 4.80. The standard InChI is InChI=1S/C11H23N3O/c1-12-11-9-15-8-10(11)7-14-5-3-13(2)4-6-14/h10-12H,3-9H2,1-2H3. The Kier molecular flexibility index (Phi) is 3.97. The van der Waals surface area contributed by atoms with Crippen molar-refractivity contribution in [3.63, 3.8) is 0 Å². The van der Waals surface area contributed by atoms with Crippen LogP contribution in [0.15, 0.2) is 0 Å². The third-order valence-electron chi connectivity index (χ3n) is 3.66. The van der Waals surface area contributed by atoms with E-state index in [4.69, 9.17) is 4.74 Å². The summed E-state index contributed by atoms with van der Waals surface area (Å²) in [6.45, 7) is 7.84. The minimum Gasteiger partial charge on any atom is -0.379 e. The van der Waals surface area contributed by atoms with E-state index in [1.54, 1.807) is 0 Å². The molecule has 1 N–H and O–H groups in total. The van der Waals surface area contributed by atoms with Gasteiger partial charge in [-0.2, -0.15) is 0 Å². The first-order valence-electron chi connectivity index (χ1n) is 5.95. The highest BCUT2D eigenvalue weighted by molar-refractivity contribution is 4.83. The molecular weight excluding hydrogens is 190 g/mol. The molecular formula is C11H23N3O. The number of rotatable bonds is 3. The monoisotopic (exact) mass is 213 g/mol. The fraction of sp³-hybridized carbons (Fsp3) is 1.00. The van der Waals surface area contributed by atoms with Crippen LogP contribution in [0.3, 0.4) is 0 Å². The lowest BCUT2D eigenvalue weighted by Crippen LogP contribution is -2.48. The maximum absolute atomic E-state index is 5.52. The van der Waals surface area contributed by atoms with Crippen LogP contribution in [-0.2, 0) is 4.74 Å². The van der Waals surface area contributed by atoms with Gasteiger partial charge in [0, 0.05) is 44.7 Å². The molecule has 0 aromatic heterocycles. The van der Waals surface area contributed by atoms with E-state index in [9.17, 15) is 0 Å². The van der Waals surface area contributed by atoms with Crippen LogP contribution in [0, 0.1) is 5.92 Å². The van der Waals surface area contributed by atoms with Crippen molar-refractivity contribution < 1.29 is 4.74 Å². The Bertz CT molecular complexity index is 192. The van der Waals surface area contributed by atoms with E-state index in [-0.39, 0.29) is 0 Å². The molecule has 0 aromatic rings. The van der Waals surface area contributed by atoms with Crippen molar-refractivity contribution in [2.75, 3.05) is 60.0 Å². The van der Waals surface area contributed by atoms with Gasteiger partial charge in [0.1, 0.15) is 0 Å². The topological polar surface area (TPSA) is 27.7 Å². The molecule has 2 unspecified atom stereocenters. The summed E-state index contributed by atoms with van der Waals surface area (Å²) in [5.74, 6) is 0.679. The molecule has 0 aromatic carbocycles. The molecule has 2 rings (SSSR count). The maximum atomic E-state index is 5.52. The first-order valence-corrected chi connectivity index (χ1v) is 5.95. The molecule has 2 atom stereocenters. The zero-order chi connectivity index (χ0) is 10.7. The molecule has 0 aliphatic carbocycles.